The van der Waals surface area contributed by atoms with Crippen molar-refractivity contribution in [3.8, 4) is 10.6 Å². The van der Waals surface area contributed by atoms with Crippen molar-refractivity contribution in [1.29, 1.82) is 0 Å². The van der Waals surface area contributed by atoms with Crippen molar-refractivity contribution in [3.63, 3.8) is 0 Å². The maximum Gasteiger partial charge on any atom is 0.126 e. The Morgan fingerprint density at radius 2 is 1.67 bits per heavy atom. The third kappa shape index (κ3) is 6.24. The monoisotopic (exact) mass is 380 g/mol. The van der Waals surface area contributed by atoms with Crippen molar-refractivity contribution < 1.29 is 0 Å². The fraction of sp³-hybridized carbons (Fsp3) is 0.364. The molecular formula is C22H28N4S. The molecule has 0 unspecified atom stereocenters. The standard InChI is InChI=1S/C22H28N4S/c1-18-23-20(16-21(24-18)22-10-7-15-27-22)11-12-25(2)13-14-26(3)17-19-8-5-4-6-9-19/h4-10,15-16H,11-14,17H2,1-3H3. The molecule has 0 amide bonds. The Morgan fingerprint density at radius 3 is 2.41 bits per heavy atom. The van der Waals surface area contributed by atoms with E-state index >= 15 is 0 Å². The predicted octanol–water partition coefficient (Wildman–Crippen LogP) is 4.12. The van der Waals surface area contributed by atoms with Crippen LogP contribution in [0.2, 0.25) is 0 Å². The lowest BCUT2D eigenvalue weighted by Crippen LogP contribution is -2.31. The van der Waals surface area contributed by atoms with Gasteiger partial charge in [-0.05, 0) is 44.1 Å². The van der Waals surface area contributed by atoms with E-state index < -0.39 is 0 Å². The quantitative estimate of drug-likeness (QED) is 0.559. The summed E-state index contributed by atoms with van der Waals surface area (Å²) in [5.74, 6) is 0.848. The molecule has 0 radical (unpaired) electrons. The molecule has 142 valence electrons. The van der Waals surface area contributed by atoms with Gasteiger partial charge in [0.1, 0.15) is 5.82 Å². The minimum Gasteiger partial charge on any atom is -0.305 e. The number of thiophene rings is 1. The van der Waals surface area contributed by atoms with E-state index in [2.05, 4.69) is 87.8 Å². The Bertz CT molecular complexity index is 818. The Kier molecular flexibility index (Phi) is 7.10. The van der Waals surface area contributed by atoms with E-state index in [1.807, 2.05) is 6.92 Å². The molecule has 0 saturated heterocycles. The van der Waals surface area contributed by atoms with Gasteiger partial charge in [-0.1, -0.05) is 36.4 Å². The average molecular weight is 381 g/mol. The van der Waals surface area contributed by atoms with Gasteiger partial charge in [0.25, 0.3) is 0 Å². The number of aromatic nitrogens is 2. The Balaban J connectivity index is 1.47. The van der Waals surface area contributed by atoms with Gasteiger partial charge in [-0.2, -0.15) is 0 Å². The highest BCUT2D eigenvalue weighted by Crippen LogP contribution is 2.23. The number of hydrogen-bond acceptors (Lipinski definition) is 5. The molecule has 0 aliphatic carbocycles. The van der Waals surface area contributed by atoms with Crippen LogP contribution in [-0.2, 0) is 13.0 Å². The fourth-order valence-electron chi connectivity index (χ4n) is 3.04. The van der Waals surface area contributed by atoms with Crippen LogP contribution in [0, 0.1) is 6.92 Å². The van der Waals surface area contributed by atoms with Gasteiger partial charge in [-0.25, -0.2) is 9.97 Å². The second-order valence-electron chi connectivity index (χ2n) is 7.05. The second kappa shape index (κ2) is 9.74. The van der Waals surface area contributed by atoms with Crippen molar-refractivity contribution in [3.05, 3.63) is 71.0 Å². The molecule has 2 aromatic heterocycles. The summed E-state index contributed by atoms with van der Waals surface area (Å²) in [7, 11) is 4.37. The highest BCUT2D eigenvalue weighted by molar-refractivity contribution is 7.13. The van der Waals surface area contributed by atoms with E-state index in [9.17, 15) is 0 Å². The first-order chi connectivity index (χ1) is 13.1. The Labute approximate surface area is 166 Å². The molecule has 0 atom stereocenters. The summed E-state index contributed by atoms with van der Waals surface area (Å²) in [6.07, 6.45) is 0.945. The van der Waals surface area contributed by atoms with Crippen molar-refractivity contribution in [1.82, 2.24) is 19.8 Å². The lowest BCUT2D eigenvalue weighted by Gasteiger charge is -2.22. The van der Waals surface area contributed by atoms with E-state index in [-0.39, 0.29) is 0 Å². The summed E-state index contributed by atoms with van der Waals surface area (Å²) in [5.41, 5.74) is 3.52. The van der Waals surface area contributed by atoms with E-state index in [1.54, 1.807) is 11.3 Å². The number of aryl methyl sites for hydroxylation is 1. The number of likely N-dealkylation sites (N-methyl/N-ethyl adjacent to an activating group) is 2. The third-order valence-corrected chi connectivity index (χ3v) is 5.47. The maximum absolute atomic E-state index is 4.62. The molecule has 5 heteroatoms. The Hall–Kier alpha value is -2.08. The summed E-state index contributed by atoms with van der Waals surface area (Å²) in [5, 5.41) is 2.09. The first kappa shape index (κ1) is 19.7. The number of hydrogen-bond donors (Lipinski definition) is 0. The van der Waals surface area contributed by atoms with Crippen molar-refractivity contribution in [2.24, 2.45) is 0 Å². The van der Waals surface area contributed by atoms with E-state index in [4.69, 9.17) is 0 Å². The highest BCUT2D eigenvalue weighted by atomic mass is 32.1. The fourth-order valence-corrected chi connectivity index (χ4v) is 3.73. The van der Waals surface area contributed by atoms with Gasteiger partial charge in [-0.3, -0.25) is 0 Å². The van der Waals surface area contributed by atoms with Gasteiger partial charge in [-0.15, -0.1) is 11.3 Å². The van der Waals surface area contributed by atoms with Crippen LogP contribution in [0.3, 0.4) is 0 Å². The molecular weight excluding hydrogens is 352 g/mol. The van der Waals surface area contributed by atoms with Crippen LogP contribution in [0.1, 0.15) is 17.1 Å². The summed E-state index contributed by atoms with van der Waals surface area (Å²) >= 11 is 1.72. The molecule has 0 aliphatic rings. The van der Waals surface area contributed by atoms with E-state index in [0.717, 1.165) is 49.8 Å². The maximum atomic E-state index is 4.62. The first-order valence-corrected chi connectivity index (χ1v) is 10.3. The molecule has 0 bridgehead atoms. The normalized spacial score (nSPS) is 11.4. The SMILES string of the molecule is Cc1nc(CCN(C)CCN(C)Cc2ccccc2)cc(-c2cccs2)n1. The summed E-state index contributed by atoms with van der Waals surface area (Å²) in [4.78, 5) is 15.2. The summed E-state index contributed by atoms with van der Waals surface area (Å²) < 4.78 is 0. The van der Waals surface area contributed by atoms with Gasteiger partial charge >= 0.3 is 0 Å². The lowest BCUT2D eigenvalue weighted by atomic mass is 10.2. The first-order valence-electron chi connectivity index (χ1n) is 9.39. The van der Waals surface area contributed by atoms with Crippen molar-refractivity contribution in [2.75, 3.05) is 33.7 Å². The summed E-state index contributed by atoms with van der Waals surface area (Å²) in [6, 6.07) is 16.9. The molecule has 0 N–H and O–H groups in total. The minimum atomic E-state index is 0.848. The molecule has 4 nitrogen and oxygen atoms in total. The van der Waals surface area contributed by atoms with Crippen LogP contribution >= 0.6 is 11.3 Å². The lowest BCUT2D eigenvalue weighted by molar-refractivity contribution is 0.253. The zero-order valence-electron chi connectivity index (χ0n) is 16.4. The topological polar surface area (TPSA) is 32.3 Å². The van der Waals surface area contributed by atoms with Gasteiger partial charge in [0.05, 0.1) is 10.6 Å². The minimum absolute atomic E-state index is 0.848. The van der Waals surface area contributed by atoms with Gasteiger partial charge in [0.15, 0.2) is 0 Å². The number of benzene rings is 1. The second-order valence-corrected chi connectivity index (χ2v) is 7.99. The zero-order chi connectivity index (χ0) is 19.1. The molecule has 0 spiro atoms. The third-order valence-electron chi connectivity index (χ3n) is 4.57. The molecule has 0 aliphatic heterocycles. The number of rotatable bonds is 9. The van der Waals surface area contributed by atoms with Gasteiger partial charge < -0.3 is 9.80 Å². The molecule has 1 aromatic carbocycles. The van der Waals surface area contributed by atoms with Gasteiger partial charge in [0, 0.05) is 38.3 Å². The van der Waals surface area contributed by atoms with Crippen LogP contribution in [0.5, 0.6) is 0 Å². The summed E-state index contributed by atoms with van der Waals surface area (Å²) in [6.45, 7) is 6.06. The Morgan fingerprint density at radius 1 is 0.889 bits per heavy atom. The van der Waals surface area contributed by atoms with Gasteiger partial charge in [0.2, 0.25) is 0 Å². The zero-order valence-corrected chi connectivity index (χ0v) is 17.2. The predicted molar refractivity (Wildman–Crippen MR) is 114 cm³/mol. The van der Waals surface area contributed by atoms with E-state index in [0.29, 0.717) is 0 Å². The van der Waals surface area contributed by atoms with Crippen LogP contribution in [-0.4, -0.2) is 53.5 Å². The number of nitrogens with zero attached hydrogens (tertiary/aromatic N) is 4. The van der Waals surface area contributed by atoms with E-state index in [1.165, 1.54) is 10.4 Å². The van der Waals surface area contributed by atoms with Crippen molar-refractivity contribution >= 4 is 11.3 Å². The van der Waals surface area contributed by atoms with Crippen LogP contribution < -0.4 is 0 Å². The van der Waals surface area contributed by atoms with Crippen molar-refractivity contribution in [2.45, 2.75) is 19.9 Å². The smallest absolute Gasteiger partial charge is 0.126 e. The molecule has 0 saturated carbocycles. The molecule has 0 fully saturated rings. The molecule has 3 aromatic rings. The van der Waals surface area contributed by atoms with Crippen LogP contribution in [0.15, 0.2) is 53.9 Å². The largest absolute Gasteiger partial charge is 0.305 e. The van der Waals surface area contributed by atoms with Crippen LogP contribution in [0.25, 0.3) is 10.6 Å². The molecule has 27 heavy (non-hydrogen) atoms. The van der Waals surface area contributed by atoms with Crippen LogP contribution in [0.4, 0.5) is 0 Å². The molecule has 2 heterocycles. The average Bonchev–Trinajstić information content (AvgIpc) is 3.20. The highest BCUT2D eigenvalue weighted by Gasteiger charge is 2.08. The molecule has 3 rings (SSSR count).